The van der Waals surface area contributed by atoms with Crippen molar-refractivity contribution < 1.29 is 5.11 Å². The van der Waals surface area contributed by atoms with Crippen molar-refractivity contribution in [3.8, 4) is 0 Å². The van der Waals surface area contributed by atoms with Gasteiger partial charge in [-0.3, -0.25) is 4.98 Å². The molecule has 0 fully saturated rings. The summed E-state index contributed by atoms with van der Waals surface area (Å²) in [6.07, 6.45) is 3.36. The maximum Gasteiger partial charge on any atom is 0.149 e. The molecule has 1 rings (SSSR count). The quantitative estimate of drug-likeness (QED) is 0.711. The molecule has 1 heterocycles. The molecule has 0 aliphatic heterocycles. The van der Waals surface area contributed by atoms with Crippen LogP contribution in [-0.4, -0.2) is 41.8 Å². The second kappa shape index (κ2) is 5.39. The van der Waals surface area contributed by atoms with Crippen molar-refractivity contribution in [3.05, 3.63) is 12.4 Å². The summed E-state index contributed by atoms with van der Waals surface area (Å²) in [5.41, 5.74) is 0. The average Bonchev–Trinajstić information content (AvgIpc) is 2.26. The van der Waals surface area contributed by atoms with Crippen LogP contribution in [-0.2, 0) is 0 Å². The zero-order valence-corrected chi connectivity index (χ0v) is 8.56. The number of nitrogens with zero attached hydrogens (tertiary/aromatic N) is 3. The van der Waals surface area contributed by atoms with E-state index in [4.69, 9.17) is 5.11 Å². The summed E-state index contributed by atoms with van der Waals surface area (Å²) in [6, 6.07) is 0. The van der Waals surface area contributed by atoms with E-state index in [9.17, 15) is 0 Å². The van der Waals surface area contributed by atoms with E-state index in [-0.39, 0.29) is 6.61 Å². The van der Waals surface area contributed by atoms with E-state index in [1.165, 1.54) is 0 Å². The molecular formula is C9H16N4O. The fraction of sp³-hybridized carbons (Fsp3) is 0.556. The summed E-state index contributed by atoms with van der Waals surface area (Å²) in [5.74, 6) is 1.52. The molecule has 0 atom stereocenters. The smallest absolute Gasteiger partial charge is 0.149 e. The highest BCUT2D eigenvalue weighted by Crippen LogP contribution is 2.10. The number of anilines is 2. The maximum atomic E-state index is 8.85. The van der Waals surface area contributed by atoms with Crippen LogP contribution >= 0.6 is 0 Å². The van der Waals surface area contributed by atoms with Gasteiger partial charge in [-0.25, -0.2) is 4.98 Å². The number of hydrogen-bond donors (Lipinski definition) is 2. The van der Waals surface area contributed by atoms with Gasteiger partial charge in [0.1, 0.15) is 11.6 Å². The minimum Gasteiger partial charge on any atom is -0.395 e. The Morgan fingerprint density at radius 2 is 2.29 bits per heavy atom. The lowest BCUT2D eigenvalue weighted by atomic mass is 10.4. The van der Waals surface area contributed by atoms with Crippen LogP contribution in [0, 0.1) is 0 Å². The molecule has 0 saturated carbocycles. The van der Waals surface area contributed by atoms with Crippen molar-refractivity contribution in [2.45, 2.75) is 6.92 Å². The average molecular weight is 196 g/mol. The van der Waals surface area contributed by atoms with Crippen molar-refractivity contribution in [1.82, 2.24) is 9.97 Å². The van der Waals surface area contributed by atoms with Gasteiger partial charge in [0.2, 0.25) is 0 Å². The molecule has 0 aromatic carbocycles. The van der Waals surface area contributed by atoms with Gasteiger partial charge in [-0.2, -0.15) is 0 Å². The number of aliphatic hydroxyl groups excluding tert-OH is 1. The lowest BCUT2D eigenvalue weighted by Gasteiger charge is -2.20. The van der Waals surface area contributed by atoms with Gasteiger partial charge in [0.15, 0.2) is 0 Å². The minimum absolute atomic E-state index is 0.124. The van der Waals surface area contributed by atoms with E-state index >= 15 is 0 Å². The van der Waals surface area contributed by atoms with Crippen LogP contribution in [0.1, 0.15) is 6.92 Å². The molecule has 0 amide bonds. The molecule has 0 spiro atoms. The lowest BCUT2D eigenvalue weighted by Crippen LogP contribution is -2.27. The topological polar surface area (TPSA) is 61.3 Å². The van der Waals surface area contributed by atoms with E-state index in [2.05, 4.69) is 15.3 Å². The van der Waals surface area contributed by atoms with Crippen LogP contribution in [0.2, 0.25) is 0 Å². The highest BCUT2D eigenvalue weighted by Gasteiger charge is 2.05. The van der Waals surface area contributed by atoms with Gasteiger partial charge in [0.05, 0.1) is 19.0 Å². The van der Waals surface area contributed by atoms with Gasteiger partial charge in [-0.1, -0.05) is 0 Å². The van der Waals surface area contributed by atoms with Crippen molar-refractivity contribution in [1.29, 1.82) is 0 Å². The molecule has 1 aromatic heterocycles. The third-order valence-electron chi connectivity index (χ3n) is 1.95. The van der Waals surface area contributed by atoms with Gasteiger partial charge in [0, 0.05) is 20.1 Å². The van der Waals surface area contributed by atoms with E-state index in [1.807, 2.05) is 11.8 Å². The number of nitrogens with one attached hydrogen (secondary N) is 1. The zero-order chi connectivity index (χ0) is 10.4. The van der Waals surface area contributed by atoms with Gasteiger partial charge >= 0.3 is 0 Å². The van der Waals surface area contributed by atoms with Crippen LogP contribution in [0.3, 0.4) is 0 Å². The first-order valence-corrected chi connectivity index (χ1v) is 4.67. The van der Waals surface area contributed by atoms with Gasteiger partial charge in [-0.05, 0) is 6.92 Å². The Bertz CT molecular complexity index is 279. The van der Waals surface area contributed by atoms with Crippen LogP contribution in [0.25, 0.3) is 0 Å². The minimum atomic E-state index is 0.124. The first-order chi connectivity index (χ1) is 6.81. The molecule has 0 bridgehead atoms. The number of rotatable bonds is 5. The predicted molar refractivity (Wildman–Crippen MR) is 56.6 cm³/mol. The molecule has 5 heteroatoms. The summed E-state index contributed by atoms with van der Waals surface area (Å²) < 4.78 is 0. The van der Waals surface area contributed by atoms with Crippen LogP contribution in [0.5, 0.6) is 0 Å². The summed E-state index contributed by atoms with van der Waals surface area (Å²) in [6.45, 7) is 3.53. The molecule has 2 N–H and O–H groups in total. The first-order valence-electron chi connectivity index (χ1n) is 4.67. The normalized spacial score (nSPS) is 9.93. The molecule has 0 radical (unpaired) electrons. The Hall–Kier alpha value is -1.36. The monoisotopic (exact) mass is 196 g/mol. The first kappa shape index (κ1) is 10.7. The summed E-state index contributed by atoms with van der Waals surface area (Å²) in [7, 11) is 1.80. The molecule has 0 unspecified atom stereocenters. The fourth-order valence-electron chi connectivity index (χ4n) is 1.18. The van der Waals surface area contributed by atoms with Crippen LogP contribution in [0.4, 0.5) is 11.6 Å². The molecule has 14 heavy (non-hydrogen) atoms. The third-order valence-corrected chi connectivity index (χ3v) is 1.95. The van der Waals surface area contributed by atoms with E-state index in [0.717, 1.165) is 18.2 Å². The number of aliphatic hydroxyl groups is 1. The Balaban J connectivity index is 2.80. The molecule has 78 valence electrons. The molecule has 0 saturated heterocycles. The summed E-state index contributed by atoms with van der Waals surface area (Å²) in [4.78, 5) is 10.3. The lowest BCUT2D eigenvalue weighted by molar-refractivity contribution is 0.302. The molecule has 0 aliphatic rings. The van der Waals surface area contributed by atoms with Crippen LogP contribution < -0.4 is 10.2 Å². The SMILES string of the molecule is CCN(CCO)c1cncc(NC)n1. The number of likely N-dealkylation sites (N-methyl/N-ethyl adjacent to an activating group) is 1. The second-order valence-corrected chi connectivity index (χ2v) is 2.82. The fourth-order valence-corrected chi connectivity index (χ4v) is 1.18. The standard InChI is InChI=1S/C9H16N4O/c1-3-13(4-5-14)9-7-11-6-8(10-2)12-9/h6-7,14H,3-5H2,1-2H3,(H,10,12). The second-order valence-electron chi connectivity index (χ2n) is 2.82. The van der Waals surface area contributed by atoms with Crippen molar-refractivity contribution in [2.75, 3.05) is 37.0 Å². The molecule has 0 aliphatic carbocycles. The molecule has 5 nitrogen and oxygen atoms in total. The highest BCUT2D eigenvalue weighted by molar-refractivity contribution is 5.43. The van der Waals surface area contributed by atoms with Crippen molar-refractivity contribution in [3.63, 3.8) is 0 Å². The van der Waals surface area contributed by atoms with E-state index in [1.54, 1.807) is 19.4 Å². The zero-order valence-electron chi connectivity index (χ0n) is 8.56. The Kier molecular flexibility index (Phi) is 4.12. The third kappa shape index (κ3) is 2.56. The number of aromatic nitrogens is 2. The highest BCUT2D eigenvalue weighted by atomic mass is 16.3. The summed E-state index contributed by atoms with van der Waals surface area (Å²) >= 11 is 0. The summed E-state index contributed by atoms with van der Waals surface area (Å²) in [5, 5.41) is 11.8. The Morgan fingerprint density at radius 1 is 1.50 bits per heavy atom. The number of hydrogen-bond acceptors (Lipinski definition) is 5. The van der Waals surface area contributed by atoms with Gasteiger partial charge < -0.3 is 15.3 Å². The maximum absolute atomic E-state index is 8.85. The largest absolute Gasteiger partial charge is 0.395 e. The van der Waals surface area contributed by atoms with E-state index < -0.39 is 0 Å². The van der Waals surface area contributed by atoms with Gasteiger partial charge in [-0.15, -0.1) is 0 Å². The van der Waals surface area contributed by atoms with Gasteiger partial charge in [0.25, 0.3) is 0 Å². The predicted octanol–water partition coefficient (Wildman–Crippen LogP) is 0.337. The Morgan fingerprint density at radius 3 is 2.86 bits per heavy atom. The van der Waals surface area contributed by atoms with E-state index in [0.29, 0.717) is 6.54 Å². The molecular weight excluding hydrogens is 180 g/mol. The van der Waals surface area contributed by atoms with Crippen molar-refractivity contribution in [2.24, 2.45) is 0 Å². The van der Waals surface area contributed by atoms with Crippen LogP contribution in [0.15, 0.2) is 12.4 Å². The van der Waals surface area contributed by atoms with Crippen molar-refractivity contribution >= 4 is 11.6 Å². The molecule has 1 aromatic rings. The Labute approximate surface area is 83.8 Å².